The van der Waals surface area contributed by atoms with Crippen molar-refractivity contribution in [2.75, 3.05) is 5.32 Å². The van der Waals surface area contributed by atoms with Gasteiger partial charge in [0, 0.05) is 13.7 Å². The molecule has 5 heteroatoms. The van der Waals surface area contributed by atoms with E-state index in [1.54, 1.807) is 18.2 Å². The van der Waals surface area contributed by atoms with Crippen molar-refractivity contribution in [3.05, 3.63) is 61.9 Å². The molecule has 0 fully saturated rings. The first-order valence-electron chi connectivity index (χ1n) is 5.08. The van der Waals surface area contributed by atoms with Crippen LogP contribution >= 0.6 is 38.5 Å². The lowest BCUT2D eigenvalue weighted by Crippen LogP contribution is -2.13. The fourth-order valence-electron chi connectivity index (χ4n) is 1.41. The van der Waals surface area contributed by atoms with E-state index in [-0.39, 0.29) is 5.56 Å². The van der Waals surface area contributed by atoms with E-state index in [4.69, 9.17) is 0 Å². The molecule has 0 unspecified atom stereocenters. The Morgan fingerprint density at radius 2 is 1.83 bits per heavy atom. The van der Waals surface area contributed by atoms with Crippen molar-refractivity contribution in [2.24, 2.45) is 0 Å². The highest BCUT2D eigenvalue weighted by molar-refractivity contribution is 14.1. The summed E-state index contributed by atoms with van der Waals surface area (Å²) in [5.41, 5.74) is 0.666. The van der Waals surface area contributed by atoms with Crippen LogP contribution in [0.15, 0.2) is 46.9 Å². The molecule has 1 N–H and O–H groups in total. The molecule has 0 aliphatic heterocycles. The molecule has 0 spiro atoms. The SMILES string of the molecule is O=C(Nc1ccc(I)cc1)c1ccc(Br)cc1F. The van der Waals surface area contributed by atoms with Gasteiger partial charge < -0.3 is 5.32 Å². The predicted octanol–water partition coefficient (Wildman–Crippen LogP) is 4.45. The third-order valence-electron chi connectivity index (χ3n) is 2.28. The van der Waals surface area contributed by atoms with Crippen LogP contribution in [0.25, 0.3) is 0 Å². The van der Waals surface area contributed by atoms with Crippen molar-refractivity contribution in [3.63, 3.8) is 0 Å². The number of carbonyl (C=O) groups is 1. The number of carbonyl (C=O) groups excluding carboxylic acids is 1. The van der Waals surface area contributed by atoms with Crippen molar-refractivity contribution >= 4 is 50.1 Å². The lowest BCUT2D eigenvalue weighted by Gasteiger charge is -2.06. The molecule has 2 aromatic carbocycles. The van der Waals surface area contributed by atoms with Gasteiger partial charge in [0.25, 0.3) is 5.91 Å². The summed E-state index contributed by atoms with van der Waals surface area (Å²) >= 11 is 5.32. The van der Waals surface area contributed by atoms with Gasteiger partial charge in [0.15, 0.2) is 0 Å². The van der Waals surface area contributed by atoms with Gasteiger partial charge in [-0.3, -0.25) is 4.79 Å². The Kier molecular flexibility index (Phi) is 4.34. The van der Waals surface area contributed by atoms with Crippen molar-refractivity contribution in [1.82, 2.24) is 0 Å². The van der Waals surface area contributed by atoms with Crippen LogP contribution < -0.4 is 5.32 Å². The fraction of sp³-hybridized carbons (Fsp3) is 0. The first kappa shape index (κ1) is 13.5. The van der Waals surface area contributed by atoms with Crippen LogP contribution in [0, 0.1) is 9.39 Å². The van der Waals surface area contributed by atoms with Gasteiger partial charge in [-0.1, -0.05) is 15.9 Å². The summed E-state index contributed by atoms with van der Waals surface area (Å²) < 4.78 is 15.2. The second kappa shape index (κ2) is 5.79. The Morgan fingerprint density at radius 1 is 1.17 bits per heavy atom. The maximum Gasteiger partial charge on any atom is 0.258 e. The number of hydrogen-bond acceptors (Lipinski definition) is 1. The van der Waals surface area contributed by atoms with Gasteiger partial charge in [0.1, 0.15) is 5.82 Å². The molecule has 0 radical (unpaired) electrons. The van der Waals surface area contributed by atoms with Crippen LogP contribution in [0.1, 0.15) is 10.4 Å². The topological polar surface area (TPSA) is 29.1 Å². The van der Waals surface area contributed by atoms with Gasteiger partial charge in [0.05, 0.1) is 5.56 Å². The third-order valence-corrected chi connectivity index (χ3v) is 3.49. The van der Waals surface area contributed by atoms with E-state index in [1.165, 1.54) is 12.1 Å². The zero-order valence-corrected chi connectivity index (χ0v) is 12.8. The van der Waals surface area contributed by atoms with Crippen molar-refractivity contribution < 1.29 is 9.18 Å². The average molecular weight is 420 g/mol. The van der Waals surface area contributed by atoms with Crippen LogP contribution in [0.4, 0.5) is 10.1 Å². The molecule has 2 aromatic rings. The van der Waals surface area contributed by atoms with Crippen molar-refractivity contribution in [2.45, 2.75) is 0 Å². The molecule has 0 aromatic heterocycles. The molecule has 0 aliphatic carbocycles. The molecular formula is C13H8BrFINO. The molecule has 0 atom stereocenters. The van der Waals surface area contributed by atoms with Crippen LogP contribution in [0.3, 0.4) is 0 Å². The Morgan fingerprint density at radius 3 is 2.44 bits per heavy atom. The highest BCUT2D eigenvalue weighted by Gasteiger charge is 2.11. The molecule has 2 nitrogen and oxygen atoms in total. The van der Waals surface area contributed by atoms with E-state index in [0.717, 1.165) is 3.57 Å². The summed E-state index contributed by atoms with van der Waals surface area (Å²) in [6.07, 6.45) is 0. The molecule has 2 rings (SSSR count). The number of benzene rings is 2. The summed E-state index contributed by atoms with van der Waals surface area (Å²) in [7, 11) is 0. The summed E-state index contributed by atoms with van der Waals surface area (Å²) in [5.74, 6) is -1.01. The maximum absolute atomic E-state index is 13.6. The highest BCUT2D eigenvalue weighted by atomic mass is 127. The number of anilines is 1. The largest absolute Gasteiger partial charge is 0.322 e. The molecular weight excluding hydrogens is 412 g/mol. The minimum Gasteiger partial charge on any atom is -0.322 e. The second-order valence-corrected chi connectivity index (χ2v) is 5.75. The van der Waals surface area contributed by atoms with E-state index < -0.39 is 11.7 Å². The van der Waals surface area contributed by atoms with Crippen LogP contribution in [0.2, 0.25) is 0 Å². The van der Waals surface area contributed by atoms with Crippen LogP contribution in [-0.4, -0.2) is 5.91 Å². The summed E-state index contributed by atoms with van der Waals surface area (Å²) in [6.45, 7) is 0. The Labute approximate surface area is 126 Å². The van der Waals surface area contributed by atoms with Gasteiger partial charge in [0.2, 0.25) is 0 Å². The van der Waals surface area contributed by atoms with Gasteiger partial charge in [-0.05, 0) is 65.1 Å². The Hall–Kier alpha value is -0.950. The van der Waals surface area contributed by atoms with Crippen molar-refractivity contribution in [3.8, 4) is 0 Å². The zero-order chi connectivity index (χ0) is 13.1. The van der Waals surface area contributed by atoms with E-state index in [1.807, 2.05) is 12.1 Å². The van der Waals surface area contributed by atoms with Gasteiger partial charge >= 0.3 is 0 Å². The van der Waals surface area contributed by atoms with E-state index in [9.17, 15) is 9.18 Å². The number of halogens is 3. The fourth-order valence-corrected chi connectivity index (χ4v) is 2.10. The Balaban J connectivity index is 2.19. The normalized spacial score (nSPS) is 10.2. The molecule has 0 saturated carbocycles. The lowest BCUT2D eigenvalue weighted by molar-refractivity contribution is 0.102. The highest BCUT2D eigenvalue weighted by Crippen LogP contribution is 2.17. The molecule has 18 heavy (non-hydrogen) atoms. The molecule has 0 heterocycles. The second-order valence-electron chi connectivity index (χ2n) is 3.59. The molecule has 92 valence electrons. The van der Waals surface area contributed by atoms with Crippen LogP contribution in [0.5, 0.6) is 0 Å². The third kappa shape index (κ3) is 3.29. The van der Waals surface area contributed by atoms with Gasteiger partial charge in [-0.25, -0.2) is 4.39 Å². The maximum atomic E-state index is 13.6. The summed E-state index contributed by atoms with van der Waals surface area (Å²) in [4.78, 5) is 11.9. The van der Waals surface area contributed by atoms with E-state index in [0.29, 0.717) is 10.2 Å². The van der Waals surface area contributed by atoms with Crippen molar-refractivity contribution in [1.29, 1.82) is 0 Å². The number of rotatable bonds is 2. The predicted molar refractivity (Wildman–Crippen MR) is 81.2 cm³/mol. The first-order valence-corrected chi connectivity index (χ1v) is 6.95. The lowest BCUT2D eigenvalue weighted by atomic mass is 10.2. The standard InChI is InChI=1S/C13H8BrFINO/c14-8-1-6-11(12(15)7-8)13(18)17-10-4-2-9(16)3-5-10/h1-7H,(H,17,18). The summed E-state index contributed by atoms with van der Waals surface area (Å²) in [6, 6.07) is 11.6. The Bertz CT molecular complexity index is 586. The quantitative estimate of drug-likeness (QED) is 0.716. The number of hydrogen-bond donors (Lipinski definition) is 1. The number of amides is 1. The van der Waals surface area contributed by atoms with Gasteiger partial charge in [-0.15, -0.1) is 0 Å². The number of nitrogens with one attached hydrogen (secondary N) is 1. The molecule has 1 amide bonds. The molecule has 0 aliphatic rings. The molecule has 0 bridgehead atoms. The smallest absolute Gasteiger partial charge is 0.258 e. The summed E-state index contributed by atoms with van der Waals surface area (Å²) in [5, 5.41) is 2.65. The average Bonchev–Trinajstić information content (AvgIpc) is 2.32. The van der Waals surface area contributed by atoms with E-state index >= 15 is 0 Å². The van der Waals surface area contributed by atoms with E-state index in [2.05, 4.69) is 43.8 Å². The minimum atomic E-state index is -0.549. The first-order chi connectivity index (χ1) is 8.56. The zero-order valence-electron chi connectivity index (χ0n) is 9.08. The van der Waals surface area contributed by atoms with Gasteiger partial charge in [-0.2, -0.15) is 0 Å². The minimum absolute atomic E-state index is 0.0248. The molecule has 0 saturated heterocycles. The van der Waals surface area contributed by atoms with Crippen LogP contribution in [-0.2, 0) is 0 Å². The monoisotopic (exact) mass is 419 g/mol.